The molecule has 0 heterocycles. The van der Waals surface area contributed by atoms with E-state index in [9.17, 15) is 0 Å². The van der Waals surface area contributed by atoms with Gasteiger partial charge in [0.15, 0.2) is 0 Å². The van der Waals surface area contributed by atoms with Gasteiger partial charge in [0.25, 0.3) is 0 Å². The second-order valence-electron chi connectivity index (χ2n) is 9.72. The van der Waals surface area contributed by atoms with Crippen LogP contribution in [0.2, 0.25) is 0 Å². The van der Waals surface area contributed by atoms with Gasteiger partial charge in [-0.3, -0.25) is 0 Å². The highest BCUT2D eigenvalue weighted by molar-refractivity contribution is 5.80. The van der Waals surface area contributed by atoms with Crippen LogP contribution in [0.3, 0.4) is 0 Å². The summed E-state index contributed by atoms with van der Waals surface area (Å²) >= 11 is 0. The fourth-order valence-electron chi connectivity index (χ4n) is 5.20. The van der Waals surface area contributed by atoms with E-state index in [1.54, 1.807) is 11.1 Å². The molecule has 176 valence electrons. The average molecular weight is 435 g/mol. The summed E-state index contributed by atoms with van der Waals surface area (Å²) in [5.74, 6) is 1.18. The molecule has 0 bridgehead atoms. The van der Waals surface area contributed by atoms with Gasteiger partial charge in [-0.05, 0) is 78.0 Å². The number of ether oxygens (including phenoxy) is 1. The molecule has 3 rings (SSSR count). The first-order chi connectivity index (χ1) is 15.8. The number of rotatable bonds is 16. The van der Waals surface area contributed by atoms with Crippen molar-refractivity contribution >= 4 is 0 Å². The van der Waals surface area contributed by atoms with Crippen molar-refractivity contribution in [1.82, 2.24) is 0 Å². The largest absolute Gasteiger partial charge is 0.493 e. The van der Waals surface area contributed by atoms with Crippen molar-refractivity contribution < 1.29 is 4.74 Å². The van der Waals surface area contributed by atoms with Gasteiger partial charge in [-0.15, -0.1) is 0 Å². The Balaban J connectivity index is 1.72. The van der Waals surface area contributed by atoms with Crippen LogP contribution in [-0.4, -0.2) is 6.61 Å². The molecule has 0 saturated carbocycles. The number of hydrogen-bond donors (Lipinski definition) is 0. The second-order valence-corrected chi connectivity index (χ2v) is 9.72. The highest BCUT2D eigenvalue weighted by Gasteiger charge is 2.25. The predicted molar refractivity (Wildman–Crippen MR) is 140 cm³/mol. The van der Waals surface area contributed by atoms with Gasteiger partial charge in [-0.25, -0.2) is 0 Å². The number of fused-ring (bicyclic) bond motifs is 3. The third kappa shape index (κ3) is 6.63. The molecule has 1 aliphatic rings. The second kappa shape index (κ2) is 13.7. The average Bonchev–Trinajstić information content (AvgIpc) is 3.18. The van der Waals surface area contributed by atoms with Gasteiger partial charge >= 0.3 is 0 Å². The lowest BCUT2D eigenvalue weighted by molar-refractivity contribution is 0.300. The molecule has 1 heteroatoms. The zero-order chi connectivity index (χ0) is 22.6. The summed E-state index contributed by atoms with van der Waals surface area (Å²) in [6.45, 7) is 7.76. The van der Waals surface area contributed by atoms with Crippen LogP contribution in [-0.2, 0) is 19.3 Å². The van der Waals surface area contributed by atoms with Crippen LogP contribution in [0, 0.1) is 0 Å². The van der Waals surface area contributed by atoms with E-state index in [-0.39, 0.29) is 0 Å². The maximum atomic E-state index is 6.54. The molecule has 0 N–H and O–H groups in total. The van der Waals surface area contributed by atoms with Gasteiger partial charge < -0.3 is 4.74 Å². The zero-order valence-corrected chi connectivity index (χ0v) is 21.1. The maximum absolute atomic E-state index is 6.54. The maximum Gasteiger partial charge on any atom is 0.123 e. The Morgan fingerprint density at radius 1 is 0.656 bits per heavy atom. The Bertz CT molecular complexity index is 819. The van der Waals surface area contributed by atoms with Gasteiger partial charge in [-0.1, -0.05) is 103 Å². The van der Waals surface area contributed by atoms with E-state index in [2.05, 4.69) is 51.1 Å². The van der Waals surface area contributed by atoms with Gasteiger partial charge in [-0.2, -0.15) is 0 Å². The van der Waals surface area contributed by atoms with Gasteiger partial charge in [0.05, 0.1) is 6.61 Å². The van der Waals surface area contributed by atoms with Gasteiger partial charge in [0.1, 0.15) is 5.75 Å². The standard InChI is InChI=1S/C31H46O/c1-4-7-10-11-12-13-14-17-22-32-31-24-30-26-21-16-15-18-25(26)23-29(30)27(19-8-5-2)28(31)20-9-6-3/h15-16,18,21,24H,4-14,17,19-20,22-23H2,1-3H3. The molecule has 32 heavy (non-hydrogen) atoms. The van der Waals surface area contributed by atoms with Gasteiger partial charge in [0, 0.05) is 0 Å². The lowest BCUT2D eigenvalue weighted by Crippen LogP contribution is -2.07. The summed E-state index contributed by atoms with van der Waals surface area (Å²) in [4.78, 5) is 0. The van der Waals surface area contributed by atoms with Crippen LogP contribution in [0.25, 0.3) is 11.1 Å². The molecule has 0 radical (unpaired) electrons. The number of benzene rings is 2. The molecule has 1 nitrogen and oxygen atoms in total. The SMILES string of the molecule is CCCCCCCCCCOc1cc2c(c(CCCC)c1CCCC)Cc1ccccc1-2. The monoisotopic (exact) mass is 434 g/mol. The van der Waals surface area contributed by atoms with Crippen molar-refractivity contribution in [2.24, 2.45) is 0 Å². The summed E-state index contributed by atoms with van der Waals surface area (Å²) in [6.07, 6.45) is 19.2. The molecular formula is C31H46O. The summed E-state index contributed by atoms with van der Waals surface area (Å²) in [6, 6.07) is 11.4. The fraction of sp³-hybridized carbons (Fsp3) is 0.613. The Hall–Kier alpha value is -1.76. The molecule has 0 aromatic heterocycles. The van der Waals surface area contributed by atoms with Crippen molar-refractivity contribution in [3.8, 4) is 16.9 Å². The Kier molecular flexibility index (Phi) is 10.7. The smallest absolute Gasteiger partial charge is 0.123 e. The van der Waals surface area contributed by atoms with Crippen LogP contribution < -0.4 is 4.74 Å². The molecular weight excluding hydrogens is 388 g/mol. The van der Waals surface area contributed by atoms with Crippen molar-refractivity contribution in [1.29, 1.82) is 0 Å². The predicted octanol–water partition coefficient (Wildman–Crippen LogP) is 9.46. The lowest BCUT2D eigenvalue weighted by atomic mass is 9.89. The van der Waals surface area contributed by atoms with Crippen molar-refractivity contribution in [3.05, 3.63) is 52.6 Å². The summed E-state index contributed by atoms with van der Waals surface area (Å²) in [5.41, 5.74) is 9.08. The first-order valence-electron chi connectivity index (χ1n) is 13.7. The Labute approximate surface area is 198 Å². The molecule has 2 aromatic rings. The molecule has 0 saturated heterocycles. The van der Waals surface area contributed by atoms with Crippen molar-refractivity contribution in [2.75, 3.05) is 6.61 Å². The fourth-order valence-corrected chi connectivity index (χ4v) is 5.20. The Morgan fingerprint density at radius 3 is 2.00 bits per heavy atom. The summed E-state index contributed by atoms with van der Waals surface area (Å²) < 4.78 is 6.54. The van der Waals surface area contributed by atoms with Gasteiger partial charge in [0.2, 0.25) is 0 Å². The highest BCUT2D eigenvalue weighted by Crippen LogP contribution is 2.44. The molecule has 0 amide bonds. The third-order valence-corrected chi connectivity index (χ3v) is 7.12. The minimum atomic E-state index is 0.863. The number of hydrogen-bond acceptors (Lipinski definition) is 1. The molecule has 0 unspecified atom stereocenters. The Morgan fingerprint density at radius 2 is 1.28 bits per heavy atom. The van der Waals surface area contributed by atoms with E-state index in [0.29, 0.717) is 0 Å². The van der Waals surface area contributed by atoms with Crippen LogP contribution >= 0.6 is 0 Å². The normalized spacial score (nSPS) is 12.1. The first-order valence-corrected chi connectivity index (χ1v) is 13.7. The molecule has 2 aromatic carbocycles. The van der Waals surface area contributed by atoms with Crippen LogP contribution in [0.1, 0.15) is 120 Å². The van der Waals surface area contributed by atoms with Crippen LogP contribution in [0.5, 0.6) is 5.75 Å². The molecule has 0 spiro atoms. The number of unbranched alkanes of at least 4 members (excludes halogenated alkanes) is 9. The van der Waals surface area contributed by atoms with Crippen LogP contribution in [0.15, 0.2) is 30.3 Å². The topological polar surface area (TPSA) is 9.23 Å². The van der Waals surface area contributed by atoms with E-state index in [1.807, 2.05) is 0 Å². The molecule has 1 aliphatic carbocycles. The summed E-state index contributed by atoms with van der Waals surface area (Å²) in [7, 11) is 0. The van der Waals surface area contributed by atoms with Crippen molar-refractivity contribution in [2.45, 2.75) is 117 Å². The minimum absolute atomic E-state index is 0.863. The minimum Gasteiger partial charge on any atom is -0.493 e. The van der Waals surface area contributed by atoms with E-state index >= 15 is 0 Å². The highest BCUT2D eigenvalue weighted by atomic mass is 16.5. The lowest BCUT2D eigenvalue weighted by Gasteiger charge is -2.20. The van der Waals surface area contributed by atoms with E-state index in [0.717, 1.165) is 19.4 Å². The molecule has 0 fully saturated rings. The molecule has 0 aliphatic heterocycles. The quantitative estimate of drug-likeness (QED) is 0.204. The van der Waals surface area contributed by atoms with E-state index in [1.165, 1.54) is 111 Å². The van der Waals surface area contributed by atoms with Crippen LogP contribution in [0.4, 0.5) is 0 Å². The molecule has 0 atom stereocenters. The first kappa shape index (κ1) is 24.9. The van der Waals surface area contributed by atoms with Crippen molar-refractivity contribution in [3.63, 3.8) is 0 Å². The third-order valence-electron chi connectivity index (χ3n) is 7.12. The summed E-state index contributed by atoms with van der Waals surface area (Å²) in [5, 5.41) is 0. The van der Waals surface area contributed by atoms with E-state index < -0.39 is 0 Å². The van der Waals surface area contributed by atoms with E-state index in [4.69, 9.17) is 4.74 Å². The zero-order valence-electron chi connectivity index (χ0n) is 21.1.